The molecule has 0 fully saturated rings. The Labute approximate surface area is 95.6 Å². The first-order valence-electron chi connectivity index (χ1n) is 4.05. The molecule has 90 valence electrons. The Hall–Kier alpha value is -0.950. The van der Waals surface area contributed by atoms with Gasteiger partial charge in [0.1, 0.15) is 16.3 Å². The predicted octanol–water partition coefficient (Wildman–Crippen LogP) is 2.26. The first-order valence-corrected chi connectivity index (χ1v) is 6.36. The van der Waals surface area contributed by atoms with E-state index in [1.165, 1.54) is 6.92 Å². The van der Waals surface area contributed by atoms with E-state index in [9.17, 15) is 17.2 Å². The highest BCUT2D eigenvalue weighted by Crippen LogP contribution is 2.32. The van der Waals surface area contributed by atoms with Gasteiger partial charge in [-0.25, -0.2) is 17.2 Å². The van der Waals surface area contributed by atoms with E-state index in [-0.39, 0.29) is 16.3 Å². The summed E-state index contributed by atoms with van der Waals surface area (Å²) < 4.78 is 51.8. The number of nitrogens with zero attached hydrogens (tertiary/aromatic N) is 1. The molecule has 4 nitrogen and oxygen atoms in total. The number of pyridine rings is 1. The summed E-state index contributed by atoms with van der Waals surface area (Å²) in [5.41, 5.74) is -0.678. The second-order valence-corrected chi connectivity index (χ2v) is 5.41. The molecule has 0 spiro atoms. The van der Waals surface area contributed by atoms with Crippen LogP contribution in [0.15, 0.2) is 11.0 Å². The molecule has 1 aromatic rings. The lowest BCUT2D eigenvalue weighted by Gasteiger charge is -2.10. The van der Waals surface area contributed by atoms with Crippen molar-refractivity contribution in [2.75, 3.05) is 7.11 Å². The normalized spacial score (nSPS) is 11.9. The maximum atomic E-state index is 12.4. The Balaban J connectivity index is 3.53. The fourth-order valence-corrected chi connectivity index (χ4v) is 2.56. The smallest absolute Gasteiger partial charge is 0.280 e. The van der Waals surface area contributed by atoms with Crippen molar-refractivity contribution >= 4 is 19.7 Å². The summed E-state index contributed by atoms with van der Waals surface area (Å²) >= 11 is 0. The maximum absolute atomic E-state index is 12.4. The monoisotopic (exact) mass is 271 g/mol. The number of methoxy groups -OCH3 is 1. The summed E-state index contributed by atoms with van der Waals surface area (Å²) in [6.07, 6.45) is -2.81. The second-order valence-electron chi connectivity index (χ2n) is 2.90. The standard InChI is InChI=1S/C8H8ClF2NO3S/c1-4-7(16(9,13)14)6(15-2)3-5(12-4)8(10)11/h3,8H,1-2H3. The summed E-state index contributed by atoms with van der Waals surface area (Å²) in [5, 5.41) is 0. The van der Waals surface area contributed by atoms with Gasteiger partial charge in [0.25, 0.3) is 15.5 Å². The van der Waals surface area contributed by atoms with Gasteiger partial charge in [-0.2, -0.15) is 0 Å². The molecular formula is C8H8ClF2NO3S. The minimum atomic E-state index is -4.08. The number of aryl methyl sites for hydroxylation is 1. The fraction of sp³-hybridized carbons (Fsp3) is 0.375. The Morgan fingerprint density at radius 2 is 2.06 bits per heavy atom. The van der Waals surface area contributed by atoms with Crippen molar-refractivity contribution in [1.29, 1.82) is 0 Å². The van der Waals surface area contributed by atoms with Crippen LogP contribution >= 0.6 is 10.7 Å². The van der Waals surface area contributed by atoms with Crippen molar-refractivity contribution in [1.82, 2.24) is 4.98 Å². The number of aromatic nitrogens is 1. The molecule has 16 heavy (non-hydrogen) atoms. The van der Waals surface area contributed by atoms with Crippen LogP contribution in [-0.4, -0.2) is 20.5 Å². The van der Waals surface area contributed by atoms with Gasteiger partial charge in [-0.05, 0) is 6.92 Å². The van der Waals surface area contributed by atoms with Gasteiger partial charge in [0.05, 0.1) is 12.8 Å². The van der Waals surface area contributed by atoms with Gasteiger partial charge in [0.2, 0.25) is 0 Å². The van der Waals surface area contributed by atoms with E-state index in [4.69, 9.17) is 15.4 Å². The molecular weight excluding hydrogens is 264 g/mol. The largest absolute Gasteiger partial charge is 0.495 e. The minimum Gasteiger partial charge on any atom is -0.495 e. The zero-order chi connectivity index (χ0) is 12.5. The van der Waals surface area contributed by atoms with Gasteiger partial charge < -0.3 is 4.74 Å². The third kappa shape index (κ3) is 2.59. The van der Waals surface area contributed by atoms with Crippen LogP contribution in [0, 0.1) is 6.92 Å². The van der Waals surface area contributed by atoms with Crippen LogP contribution in [0.5, 0.6) is 5.75 Å². The summed E-state index contributed by atoms with van der Waals surface area (Å²) in [5.74, 6) is -0.238. The summed E-state index contributed by atoms with van der Waals surface area (Å²) in [7, 11) is 2.23. The Morgan fingerprint density at radius 3 is 2.44 bits per heavy atom. The third-order valence-corrected chi connectivity index (χ3v) is 3.26. The Bertz CT molecular complexity index is 504. The van der Waals surface area contributed by atoms with Crippen LogP contribution in [0.25, 0.3) is 0 Å². The van der Waals surface area contributed by atoms with E-state index in [0.717, 1.165) is 13.2 Å². The SMILES string of the molecule is COc1cc(C(F)F)nc(C)c1S(=O)(=O)Cl. The molecule has 0 aliphatic carbocycles. The van der Waals surface area contributed by atoms with Crippen LogP contribution in [0.1, 0.15) is 17.8 Å². The summed E-state index contributed by atoms with van der Waals surface area (Å²) in [6.45, 7) is 1.27. The molecule has 1 rings (SSSR count). The van der Waals surface area contributed by atoms with E-state index < -0.39 is 21.2 Å². The zero-order valence-electron chi connectivity index (χ0n) is 8.37. The molecule has 0 aromatic carbocycles. The number of alkyl halides is 2. The molecule has 0 saturated carbocycles. The van der Waals surface area contributed by atoms with Crippen LogP contribution in [0.4, 0.5) is 8.78 Å². The Kier molecular flexibility index (Phi) is 3.69. The van der Waals surface area contributed by atoms with Crippen LogP contribution in [-0.2, 0) is 9.05 Å². The molecule has 0 amide bonds. The molecule has 0 atom stereocenters. The average molecular weight is 272 g/mol. The lowest BCUT2D eigenvalue weighted by molar-refractivity contribution is 0.145. The van der Waals surface area contributed by atoms with E-state index in [2.05, 4.69) is 4.98 Å². The van der Waals surface area contributed by atoms with E-state index >= 15 is 0 Å². The van der Waals surface area contributed by atoms with Gasteiger partial charge in [0, 0.05) is 16.7 Å². The van der Waals surface area contributed by atoms with Crippen molar-refractivity contribution in [2.24, 2.45) is 0 Å². The molecule has 0 aliphatic heterocycles. The van der Waals surface area contributed by atoms with Gasteiger partial charge in [-0.1, -0.05) is 0 Å². The second kappa shape index (κ2) is 4.50. The molecule has 0 saturated heterocycles. The molecule has 0 bridgehead atoms. The van der Waals surface area contributed by atoms with Crippen molar-refractivity contribution < 1.29 is 21.9 Å². The van der Waals surface area contributed by atoms with Gasteiger partial charge >= 0.3 is 0 Å². The van der Waals surface area contributed by atoms with Crippen LogP contribution in [0.3, 0.4) is 0 Å². The fourth-order valence-electron chi connectivity index (χ4n) is 1.21. The highest BCUT2D eigenvalue weighted by molar-refractivity contribution is 8.13. The molecule has 0 radical (unpaired) electrons. The van der Waals surface area contributed by atoms with Crippen LogP contribution < -0.4 is 4.74 Å². The number of halogens is 3. The molecule has 0 aliphatic rings. The molecule has 1 aromatic heterocycles. The topological polar surface area (TPSA) is 56.3 Å². The zero-order valence-corrected chi connectivity index (χ0v) is 9.94. The van der Waals surface area contributed by atoms with Gasteiger partial charge in [-0.15, -0.1) is 0 Å². The molecule has 0 N–H and O–H groups in total. The lowest BCUT2D eigenvalue weighted by Crippen LogP contribution is -2.04. The molecule has 8 heteroatoms. The first kappa shape index (κ1) is 13.1. The lowest BCUT2D eigenvalue weighted by atomic mass is 10.3. The number of hydrogen-bond acceptors (Lipinski definition) is 4. The third-order valence-electron chi connectivity index (χ3n) is 1.82. The van der Waals surface area contributed by atoms with Crippen molar-refractivity contribution in [2.45, 2.75) is 18.2 Å². The number of ether oxygens (including phenoxy) is 1. The number of rotatable bonds is 3. The molecule has 1 heterocycles. The highest BCUT2D eigenvalue weighted by Gasteiger charge is 2.24. The quantitative estimate of drug-likeness (QED) is 0.792. The van der Waals surface area contributed by atoms with Gasteiger partial charge in [0.15, 0.2) is 0 Å². The van der Waals surface area contributed by atoms with E-state index in [1.54, 1.807) is 0 Å². The maximum Gasteiger partial charge on any atom is 0.280 e. The molecule has 0 unspecified atom stereocenters. The average Bonchev–Trinajstić information content (AvgIpc) is 2.14. The van der Waals surface area contributed by atoms with Crippen molar-refractivity contribution in [3.05, 3.63) is 17.5 Å². The van der Waals surface area contributed by atoms with Crippen LogP contribution in [0.2, 0.25) is 0 Å². The van der Waals surface area contributed by atoms with Gasteiger partial charge in [-0.3, -0.25) is 4.98 Å². The first-order chi connectivity index (χ1) is 7.27. The summed E-state index contributed by atoms with van der Waals surface area (Å²) in [4.78, 5) is 3.07. The number of hydrogen-bond donors (Lipinski definition) is 0. The van der Waals surface area contributed by atoms with Crippen molar-refractivity contribution in [3.63, 3.8) is 0 Å². The predicted molar refractivity (Wildman–Crippen MR) is 53.5 cm³/mol. The Morgan fingerprint density at radius 1 is 1.50 bits per heavy atom. The highest BCUT2D eigenvalue weighted by atomic mass is 35.7. The minimum absolute atomic E-state index is 0.121. The summed E-state index contributed by atoms with van der Waals surface area (Å²) in [6, 6.07) is 0.854. The van der Waals surface area contributed by atoms with Crippen molar-refractivity contribution in [3.8, 4) is 5.75 Å². The van der Waals surface area contributed by atoms with E-state index in [0.29, 0.717) is 0 Å². The van der Waals surface area contributed by atoms with E-state index in [1.807, 2.05) is 0 Å².